The fraction of sp³-hybridized carbons (Fsp3) is 0.909. The third-order valence-electron chi connectivity index (χ3n) is 5.67. The first-order valence-corrected chi connectivity index (χ1v) is 10.9. The van der Waals surface area contributed by atoms with Gasteiger partial charge >= 0.3 is 11.9 Å². The van der Waals surface area contributed by atoms with E-state index in [-0.39, 0.29) is 17.9 Å². The molecule has 0 aromatic rings. The predicted octanol–water partition coefficient (Wildman–Crippen LogP) is 6.58. The molecule has 1 aliphatic rings. The molecule has 0 amide bonds. The van der Waals surface area contributed by atoms with Gasteiger partial charge in [-0.3, -0.25) is 9.59 Å². The first-order valence-electron chi connectivity index (χ1n) is 10.9. The maximum Gasteiger partial charge on any atom is 0.317 e. The number of carbonyl (C=O) groups is 2. The molecule has 1 aliphatic heterocycles. The fourth-order valence-corrected chi connectivity index (χ4v) is 3.86. The van der Waals surface area contributed by atoms with Crippen molar-refractivity contribution in [2.75, 3.05) is 0 Å². The van der Waals surface area contributed by atoms with E-state index in [0.29, 0.717) is 6.42 Å². The van der Waals surface area contributed by atoms with Gasteiger partial charge in [0.25, 0.3) is 0 Å². The van der Waals surface area contributed by atoms with E-state index in [2.05, 4.69) is 18.6 Å². The normalized spacial score (nSPS) is 18.6. The quantitative estimate of drug-likeness (QED) is 0.179. The molecule has 0 bridgehead atoms. The fourth-order valence-electron chi connectivity index (χ4n) is 3.86. The molecule has 0 N–H and O–H groups in total. The van der Waals surface area contributed by atoms with Crippen LogP contribution in [0.15, 0.2) is 0 Å². The average molecular weight is 353 g/mol. The summed E-state index contributed by atoms with van der Waals surface area (Å²) in [6.07, 6.45) is 19.8. The molecule has 3 nitrogen and oxygen atoms in total. The zero-order valence-corrected chi connectivity index (χ0v) is 16.7. The smallest absolute Gasteiger partial charge is 0.317 e. The minimum atomic E-state index is -0.342. The highest BCUT2D eigenvalue weighted by molar-refractivity contribution is 5.94. The molecule has 0 aromatic heterocycles. The van der Waals surface area contributed by atoms with Gasteiger partial charge in [-0.1, -0.05) is 104 Å². The van der Waals surface area contributed by atoms with Crippen molar-refractivity contribution < 1.29 is 14.3 Å². The van der Waals surface area contributed by atoms with E-state index in [0.717, 1.165) is 18.8 Å². The summed E-state index contributed by atoms with van der Waals surface area (Å²) in [5.74, 6) is 0.150. The Morgan fingerprint density at radius 1 is 0.840 bits per heavy atom. The van der Waals surface area contributed by atoms with E-state index >= 15 is 0 Å². The van der Waals surface area contributed by atoms with Crippen molar-refractivity contribution in [3.63, 3.8) is 0 Å². The number of hydrogen-bond acceptors (Lipinski definition) is 3. The number of ether oxygens (including phenoxy) is 1. The maximum absolute atomic E-state index is 11.4. The van der Waals surface area contributed by atoms with E-state index in [1.165, 1.54) is 83.5 Å². The minimum absolute atomic E-state index is 0.157. The van der Waals surface area contributed by atoms with Crippen molar-refractivity contribution in [1.82, 2.24) is 0 Å². The van der Waals surface area contributed by atoms with Gasteiger partial charge in [0.05, 0.1) is 12.3 Å². The molecular weight excluding hydrogens is 312 g/mol. The Morgan fingerprint density at radius 2 is 1.40 bits per heavy atom. The van der Waals surface area contributed by atoms with Crippen molar-refractivity contribution in [3.8, 4) is 0 Å². The molecular formula is C22H40O3. The van der Waals surface area contributed by atoms with Crippen LogP contribution < -0.4 is 0 Å². The molecule has 0 aliphatic carbocycles. The molecule has 146 valence electrons. The van der Waals surface area contributed by atoms with Crippen LogP contribution in [0, 0.1) is 11.8 Å². The van der Waals surface area contributed by atoms with Crippen LogP contribution in [0.4, 0.5) is 0 Å². The molecule has 2 atom stereocenters. The first kappa shape index (κ1) is 22.2. The molecule has 25 heavy (non-hydrogen) atoms. The highest BCUT2D eigenvalue weighted by Crippen LogP contribution is 2.23. The van der Waals surface area contributed by atoms with Gasteiger partial charge in [-0.05, 0) is 12.3 Å². The second kappa shape index (κ2) is 14.3. The zero-order valence-electron chi connectivity index (χ0n) is 16.7. The molecule has 0 saturated carbocycles. The highest BCUT2D eigenvalue weighted by Gasteiger charge is 2.32. The van der Waals surface area contributed by atoms with Crippen molar-refractivity contribution in [1.29, 1.82) is 0 Å². The van der Waals surface area contributed by atoms with Crippen molar-refractivity contribution in [2.45, 2.75) is 117 Å². The van der Waals surface area contributed by atoms with Gasteiger partial charge in [0.2, 0.25) is 0 Å². The maximum atomic E-state index is 11.4. The summed E-state index contributed by atoms with van der Waals surface area (Å²) in [5.41, 5.74) is 0. The lowest BCUT2D eigenvalue weighted by Gasteiger charge is -2.14. The zero-order chi connectivity index (χ0) is 18.3. The third kappa shape index (κ3) is 10.7. The molecule has 1 saturated heterocycles. The number of cyclic esters (lactones) is 2. The average Bonchev–Trinajstić information content (AvgIpc) is 2.92. The molecule has 2 unspecified atom stereocenters. The lowest BCUT2D eigenvalue weighted by atomic mass is 9.92. The van der Waals surface area contributed by atoms with Gasteiger partial charge in [0.1, 0.15) is 0 Å². The molecule has 0 aromatic carbocycles. The lowest BCUT2D eigenvalue weighted by Crippen LogP contribution is -2.07. The number of carbonyl (C=O) groups excluding carboxylic acids is 2. The number of esters is 2. The summed E-state index contributed by atoms with van der Waals surface area (Å²) in [7, 11) is 0. The van der Waals surface area contributed by atoms with Crippen molar-refractivity contribution in [2.24, 2.45) is 11.8 Å². The van der Waals surface area contributed by atoms with Gasteiger partial charge in [0.15, 0.2) is 0 Å². The minimum Gasteiger partial charge on any atom is -0.393 e. The second-order valence-corrected chi connectivity index (χ2v) is 7.87. The Morgan fingerprint density at radius 3 is 1.92 bits per heavy atom. The molecule has 0 spiro atoms. The molecule has 1 heterocycles. The Kier molecular flexibility index (Phi) is 12.7. The Balaban J connectivity index is 1.87. The van der Waals surface area contributed by atoms with Gasteiger partial charge in [-0.15, -0.1) is 0 Å². The standard InChI is InChI=1S/C22H40O3/c1-3-5-6-12-15-19(4-2)16-13-10-8-7-9-11-14-17-20-18-21(23)25-22(20)24/h19-20H,3-18H2,1-2H3. The Bertz CT molecular complexity index is 364. The summed E-state index contributed by atoms with van der Waals surface area (Å²) in [6, 6.07) is 0. The predicted molar refractivity (Wildman–Crippen MR) is 103 cm³/mol. The molecule has 0 radical (unpaired) electrons. The van der Waals surface area contributed by atoms with E-state index in [1.54, 1.807) is 0 Å². The number of rotatable bonds is 16. The van der Waals surface area contributed by atoms with Crippen LogP contribution in [0.1, 0.15) is 117 Å². The van der Waals surface area contributed by atoms with Crippen molar-refractivity contribution in [3.05, 3.63) is 0 Å². The van der Waals surface area contributed by atoms with E-state index in [4.69, 9.17) is 0 Å². The largest absolute Gasteiger partial charge is 0.393 e. The van der Waals surface area contributed by atoms with Crippen LogP contribution in [-0.4, -0.2) is 11.9 Å². The highest BCUT2D eigenvalue weighted by atomic mass is 16.6. The van der Waals surface area contributed by atoms with E-state index < -0.39 is 0 Å². The van der Waals surface area contributed by atoms with Crippen LogP contribution in [0.5, 0.6) is 0 Å². The summed E-state index contributed by atoms with van der Waals surface area (Å²) in [6.45, 7) is 4.62. The SMILES string of the molecule is CCCCCCC(CC)CCCCCCCCCC1CC(=O)OC1=O. The topological polar surface area (TPSA) is 43.4 Å². The van der Waals surface area contributed by atoms with Crippen molar-refractivity contribution >= 4 is 11.9 Å². The summed E-state index contributed by atoms with van der Waals surface area (Å²) in [5, 5.41) is 0. The summed E-state index contributed by atoms with van der Waals surface area (Å²) < 4.78 is 4.58. The van der Waals surface area contributed by atoms with Gasteiger partial charge in [-0.2, -0.15) is 0 Å². The summed E-state index contributed by atoms with van der Waals surface area (Å²) >= 11 is 0. The summed E-state index contributed by atoms with van der Waals surface area (Å²) in [4.78, 5) is 22.4. The molecule has 1 rings (SSSR count). The molecule has 1 fully saturated rings. The van der Waals surface area contributed by atoms with Gasteiger partial charge in [0, 0.05) is 0 Å². The van der Waals surface area contributed by atoms with Crippen LogP contribution >= 0.6 is 0 Å². The molecule has 3 heteroatoms. The van der Waals surface area contributed by atoms with E-state index in [9.17, 15) is 9.59 Å². The third-order valence-corrected chi connectivity index (χ3v) is 5.67. The van der Waals surface area contributed by atoms with Gasteiger partial charge < -0.3 is 4.74 Å². The Hall–Kier alpha value is -0.860. The van der Waals surface area contributed by atoms with Crippen LogP contribution in [0.25, 0.3) is 0 Å². The van der Waals surface area contributed by atoms with Gasteiger partial charge in [-0.25, -0.2) is 0 Å². The number of unbranched alkanes of at least 4 members (excludes halogenated alkanes) is 9. The number of hydrogen-bond donors (Lipinski definition) is 0. The van der Waals surface area contributed by atoms with Crippen LogP contribution in [0.2, 0.25) is 0 Å². The first-order chi connectivity index (χ1) is 12.2. The van der Waals surface area contributed by atoms with E-state index in [1.807, 2.05) is 0 Å². The van der Waals surface area contributed by atoms with Crippen LogP contribution in [0.3, 0.4) is 0 Å². The monoisotopic (exact) mass is 352 g/mol. The second-order valence-electron chi connectivity index (χ2n) is 7.87. The van der Waals surface area contributed by atoms with Crippen LogP contribution in [-0.2, 0) is 14.3 Å². The lowest BCUT2D eigenvalue weighted by molar-refractivity contribution is -0.153. The Labute approximate surface area is 155 Å².